The Bertz CT molecular complexity index is 341. The molecular weight excluding hydrogens is 191 g/mol. The second-order valence-corrected chi connectivity index (χ2v) is 2.81. The van der Waals surface area contributed by atoms with Crippen LogP contribution in [0.25, 0.3) is 5.70 Å². The number of nitrogens with one attached hydrogen (secondary N) is 1. The zero-order valence-electron chi connectivity index (χ0n) is 7.65. The fourth-order valence-corrected chi connectivity index (χ4v) is 1.03. The van der Waals surface area contributed by atoms with Crippen LogP contribution in [0.4, 0.5) is 13.2 Å². The monoisotopic (exact) mass is 201 g/mol. The van der Waals surface area contributed by atoms with E-state index in [4.69, 9.17) is 0 Å². The Morgan fingerprint density at radius 3 is 2.50 bits per heavy atom. The number of rotatable bonds is 2. The van der Waals surface area contributed by atoms with Crippen molar-refractivity contribution < 1.29 is 13.2 Å². The Hall–Kier alpha value is -1.45. The predicted molar refractivity (Wildman–Crippen MR) is 49.5 cm³/mol. The highest BCUT2D eigenvalue weighted by Crippen LogP contribution is 2.30. The van der Waals surface area contributed by atoms with Crippen molar-refractivity contribution in [1.82, 2.24) is 5.32 Å². The van der Waals surface area contributed by atoms with Crippen molar-refractivity contribution in [1.29, 1.82) is 0 Å². The fraction of sp³-hybridized carbons (Fsp3) is 0.200. The third-order valence-electron chi connectivity index (χ3n) is 1.84. The molecular formula is C10H10F3N. The standard InChI is InChI=1S/C10H10F3N/c1-7(14-2)8-4-3-5-9(6-8)10(11,12)13/h3-6,14H,1H2,2H3. The molecule has 0 radical (unpaired) electrons. The van der Waals surface area contributed by atoms with Gasteiger partial charge in [0.2, 0.25) is 0 Å². The molecule has 14 heavy (non-hydrogen) atoms. The molecule has 1 aromatic rings. The first kappa shape index (κ1) is 10.6. The van der Waals surface area contributed by atoms with Crippen LogP contribution >= 0.6 is 0 Å². The van der Waals surface area contributed by atoms with E-state index >= 15 is 0 Å². The van der Waals surface area contributed by atoms with Crippen molar-refractivity contribution in [3.05, 3.63) is 42.0 Å². The summed E-state index contributed by atoms with van der Waals surface area (Å²) >= 11 is 0. The third-order valence-corrected chi connectivity index (χ3v) is 1.84. The Morgan fingerprint density at radius 1 is 1.36 bits per heavy atom. The maximum atomic E-state index is 12.3. The topological polar surface area (TPSA) is 12.0 Å². The Kier molecular flexibility index (Phi) is 2.84. The molecule has 0 bridgehead atoms. The zero-order valence-corrected chi connectivity index (χ0v) is 7.65. The highest BCUT2D eigenvalue weighted by Gasteiger charge is 2.30. The van der Waals surface area contributed by atoms with E-state index in [0.717, 1.165) is 12.1 Å². The first-order chi connectivity index (χ1) is 6.45. The van der Waals surface area contributed by atoms with Gasteiger partial charge in [0.15, 0.2) is 0 Å². The van der Waals surface area contributed by atoms with Crippen LogP contribution in [0.3, 0.4) is 0 Å². The lowest BCUT2D eigenvalue weighted by Crippen LogP contribution is -2.07. The summed E-state index contributed by atoms with van der Waals surface area (Å²) in [7, 11) is 1.61. The van der Waals surface area contributed by atoms with E-state index in [-0.39, 0.29) is 0 Å². The smallest absolute Gasteiger partial charge is 0.388 e. The summed E-state index contributed by atoms with van der Waals surface area (Å²) in [6.07, 6.45) is -4.30. The van der Waals surface area contributed by atoms with Gasteiger partial charge < -0.3 is 5.32 Å². The molecule has 0 spiro atoms. The number of halogens is 3. The molecule has 0 atom stereocenters. The summed E-state index contributed by atoms with van der Waals surface area (Å²) in [4.78, 5) is 0. The summed E-state index contributed by atoms with van der Waals surface area (Å²) in [6, 6.07) is 5.04. The maximum Gasteiger partial charge on any atom is 0.416 e. The minimum Gasteiger partial charge on any atom is -0.388 e. The zero-order chi connectivity index (χ0) is 10.8. The summed E-state index contributed by atoms with van der Waals surface area (Å²) < 4.78 is 36.9. The Morgan fingerprint density at radius 2 is 2.00 bits per heavy atom. The first-order valence-electron chi connectivity index (χ1n) is 3.99. The second-order valence-electron chi connectivity index (χ2n) is 2.81. The van der Waals surface area contributed by atoms with Gasteiger partial charge in [-0.2, -0.15) is 13.2 Å². The number of benzene rings is 1. The molecule has 0 aliphatic carbocycles. The lowest BCUT2D eigenvalue weighted by Gasteiger charge is -2.09. The fourth-order valence-electron chi connectivity index (χ4n) is 1.03. The van der Waals surface area contributed by atoms with Crippen LogP contribution in [0.5, 0.6) is 0 Å². The summed E-state index contributed by atoms with van der Waals surface area (Å²) in [5.74, 6) is 0. The highest BCUT2D eigenvalue weighted by atomic mass is 19.4. The lowest BCUT2D eigenvalue weighted by atomic mass is 10.1. The van der Waals surface area contributed by atoms with Crippen LogP contribution in [-0.2, 0) is 6.18 Å². The van der Waals surface area contributed by atoms with Crippen LogP contribution < -0.4 is 5.32 Å². The SMILES string of the molecule is C=C(NC)c1cccc(C(F)(F)F)c1. The molecule has 0 aliphatic rings. The molecule has 0 heterocycles. The normalized spacial score (nSPS) is 11.1. The Balaban J connectivity index is 3.08. The van der Waals surface area contributed by atoms with Crippen LogP contribution in [0.15, 0.2) is 30.8 Å². The van der Waals surface area contributed by atoms with Gasteiger partial charge in [0, 0.05) is 12.7 Å². The molecule has 0 aromatic heterocycles. The van der Waals surface area contributed by atoms with Crippen LogP contribution in [0.2, 0.25) is 0 Å². The van der Waals surface area contributed by atoms with Crippen LogP contribution in [0, 0.1) is 0 Å². The molecule has 0 unspecified atom stereocenters. The summed E-state index contributed by atoms with van der Waals surface area (Å²) in [5, 5.41) is 2.70. The summed E-state index contributed by atoms with van der Waals surface area (Å²) in [6.45, 7) is 3.59. The largest absolute Gasteiger partial charge is 0.416 e. The number of alkyl halides is 3. The minimum absolute atomic E-state index is 0.447. The molecule has 0 aliphatic heterocycles. The van der Waals surface area contributed by atoms with Gasteiger partial charge in [-0.05, 0) is 17.7 Å². The molecule has 1 nitrogen and oxygen atoms in total. The van der Waals surface area contributed by atoms with E-state index in [1.54, 1.807) is 13.1 Å². The molecule has 4 heteroatoms. The quantitative estimate of drug-likeness (QED) is 0.775. The average molecular weight is 201 g/mol. The molecule has 1 N–H and O–H groups in total. The van der Waals surface area contributed by atoms with E-state index in [9.17, 15) is 13.2 Å². The predicted octanol–water partition coefficient (Wildman–Crippen LogP) is 2.90. The van der Waals surface area contributed by atoms with E-state index in [1.807, 2.05) is 0 Å². The van der Waals surface area contributed by atoms with Gasteiger partial charge in [0.25, 0.3) is 0 Å². The van der Waals surface area contributed by atoms with E-state index in [1.165, 1.54) is 6.07 Å². The van der Waals surface area contributed by atoms with Gasteiger partial charge in [0.05, 0.1) is 5.56 Å². The molecule has 1 rings (SSSR count). The van der Waals surface area contributed by atoms with Crippen molar-refractivity contribution in [3.8, 4) is 0 Å². The molecule has 76 valence electrons. The van der Waals surface area contributed by atoms with Crippen molar-refractivity contribution in [2.24, 2.45) is 0 Å². The van der Waals surface area contributed by atoms with E-state index in [0.29, 0.717) is 11.3 Å². The molecule has 0 amide bonds. The van der Waals surface area contributed by atoms with Gasteiger partial charge in [-0.1, -0.05) is 18.7 Å². The van der Waals surface area contributed by atoms with Crippen molar-refractivity contribution in [2.45, 2.75) is 6.18 Å². The van der Waals surface area contributed by atoms with Crippen molar-refractivity contribution in [3.63, 3.8) is 0 Å². The number of hydrogen-bond donors (Lipinski definition) is 1. The van der Waals surface area contributed by atoms with Gasteiger partial charge in [-0.15, -0.1) is 0 Å². The van der Waals surface area contributed by atoms with Crippen molar-refractivity contribution >= 4 is 5.70 Å². The minimum atomic E-state index is -4.30. The molecule has 1 aromatic carbocycles. The van der Waals surface area contributed by atoms with Gasteiger partial charge in [0.1, 0.15) is 0 Å². The Labute approximate surface area is 80.2 Å². The van der Waals surface area contributed by atoms with Crippen LogP contribution in [0.1, 0.15) is 11.1 Å². The van der Waals surface area contributed by atoms with Crippen molar-refractivity contribution in [2.75, 3.05) is 7.05 Å². The average Bonchev–Trinajstić information content (AvgIpc) is 2.15. The van der Waals surface area contributed by atoms with Gasteiger partial charge in [-0.3, -0.25) is 0 Å². The summed E-state index contributed by atoms with van der Waals surface area (Å²) in [5.41, 5.74) is 0.254. The lowest BCUT2D eigenvalue weighted by molar-refractivity contribution is -0.137. The number of hydrogen-bond acceptors (Lipinski definition) is 1. The molecule has 0 saturated carbocycles. The molecule has 0 saturated heterocycles. The van der Waals surface area contributed by atoms with E-state index in [2.05, 4.69) is 11.9 Å². The van der Waals surface area contributed by atoms with Gasteiger partial charge >= 0.3 is 6.18 Å². The second kappa shape index (κ2) is 3.74. The molecule has 0 fully saturated rings. The van der Waals surface area contributed by atoms with E-state index < -0.39 is 11.7 Å². The third kappa shape index (κ3) is 2.28. The van der Waals surface area contributed by atoms with Crippen LogP contribution in [-0.4, -0.2) is 7.05 Å². The first-order valence-corrected chi connectivity index (χ1v) is 3.99. The van der Waals surface area contributed by atoms with Gasteiger partial charge in [-0.25, -0.2) is 0 Å². The maximum absolute atomic E-state index is 12.3. The highest BCUT2D eigenvalue weighted by molar-refractivity contribution is 5.62.